The van der Waals surface area contributed by atoms with Crippen LogP contribution in [0, 0.1) is 12.7 Å². The van der Waals surface area contributed by atoms with Crippen molar-refractivity contribution in [2.45, 2.75) is 11.8 Å². The molecule has 0 unspecified atom stereocenters. The molecule has 5 nitrogen and oxygen atoms in total. The Kier molecular flexibility index (Phi) is 5.23. The molecule has 3 rings (SSSR count). The fourth-order valence-corrected chi connectivity index (χ4v) is 3.46. The average molecular weight is 384 g/mol. The molecule has 0 atom stereocenters. The van der Waals surface area contributed by atoms with Gasteiger partial charge in [0.05, 0.1) is 10.5 Å². The lowest BCUT2D eigenvalue weighted by Crippen LogP contribution is -2.15. The molecule has 3 aromatic rings. The SMILES string of the molecule is Cc1ccc(NS(=O)(=O)c2ccc(NC(=O)c3ccccc3F)cc2)cc1. The number of carbonyl (C=O) groups excluding carboxylic acids is 1. The maximum Gasteiger partial charge on any atom is 0.261 e. The summed E-state index contributed by atoms with van der Waals surface area (Å²) in [6.45, 7) is 1.91. The molecule has 0 radical (unpaired) electrons. The summed E-state index contributed by atoms with van der Waals surface area (Å²) in [4.78, 5) is 12.2. The van der Waals surface area contributed by atoms with E-state index in [0.29, 0.717) is 11.4 Å². The number of carbonyl (C=O) groups is 1. The first kappa shape index (κ1) is 18.6. The number of nitrogens with one attached hydrogen (secondary N) is 2. The molecule has 0 bridgehead atoms. The fourth-order valence-electron chi connectivity index (χ4n) is 2.40. The number of amides is 1. The molecule has 0 aliphatic heterocycles. The summed E-state index contributed by atoms with van der Waals surface area (Å²) in [5.74, 6) is -1.24. The van der Waals surface area contributed by atoms with Gasteiger partial charge in [-0.2, -0.15) is 0 Å². The zero-order chi connectivity index (χ0) is 19.4. The van der Waals surface area contributed by atoms with Crippen LogP contribution in [0.4, 0.5) is 15.8 Å². The molecule has 138 valence electrons. The molecule has 0 aromatic heterocycles. The lowest BCUT2D eigenvalue weighted by Gasteiger charge is -2.10. The van der Waals surface area contributed by atoms with Crippen LogP contribution in [0.1, 0.15) is 15.9 Å². The van der Waals surface area contributed by atoms with Gasteiger partial charge in [-0.05, 0) is 55.5 Å². The van der Waals surface area contributed by atoms with Crippen LogP contribution in [0.25, 0.3) is 0 Å². The number of halogens is 1. The van der Waals surface area contributed by atoms with Crippen molar-refractivity contribution < 1.29 is 17.6 Å². The van der Waals surface area contributed by atoms with Gasteiger partial charge in [-0.1, -0.05) is 29.8 Å². The van der Waals surface area contributed by atoms with Crippen molar-refractivity contribution in [3.63, 3.8) is 0 Å². The Bertz CT molecular complexity index is 1060. The number of sulfonamides is 1. The van der Waals surface area contributed by atoms with E-state index < -0.39 is 21.7 Å². The second-order valence-electron chi connectivity index (χ2n) is 5.93. The van der Waals surface area contributed by atoms with E-state index in [2.05, 4.69) is 10.0 Å². The van der Waals surface area contributed by atoms with Gasteiger partial charge in [-0.3, -0.25) is 9.52 Å². The second kappa shape index (κ2) is 7.59. The number of hydrogen-bond donors (Lipinski definition) is 2. The normalized spacial score (nSPS) is 11.0. The summed E-state index contributed by atoms with van der Waals surface area (Å²) in [7, 11) is -3.75. The number of anilines is 2. The van der Waals surface area contributed by atoms with E-state index in [9.17, 15) is 17.6 Å². The summed E-state index contributed by atoms with van der Waals surface area (Å²) < 4.78 is 41.0. The predicted octanol–water partition coefficient (Wildman–Crippen LogP) is 4.19. The molecule has 7 heteroatoms. The van der Waals surface area contributed by atoms with Crippen molar-refractivity contribution in [3.8, 4) is 0 Å². The summed E-state index contributed by atoms with van der Waals surface area (Å²) >= 11 is 0. The van der Waals surface area contributed by atoms with E-state index in [1.807, 2.05) is 6.92 Å². The van der Waals surface area contributed by atoms with E-state index in [0.717, 1.165) is 5.56 Å². The quantitative estimate of drug-likeness (QED) is 0.693. The second-order valence-corrected chi connectivity index (χ2v) is 7.61. The van der Waals surface area contributed by atoms with Crippen LogP contribution < -0.4 is 10.0 Å². The first-order valence-electron chi connectivity index (χ1n) is 8.10. The van der Waals surface area contributed by atoms with Crippen LogP contribution in [0.15, 0.2) is 77.7 Å². The van der Waals surface area contributed by atoms with E-state index in [1.165, 1.54) is 42.5 Å². The van der Waals surface area contributed by atoms with Crippen LogP contribution in [-0.4, -0.2) is 14.3 Å². The van der Waals surface area contributed by atoms with Crippen molar-refractivity contribution in [1.82, 2.24) is 0 Å². The Morgan fingerprint density at radius 2 is 1.44 bits per heavy atom. The molecular weight excluding hydrogens is 367 g/mol. The third-order valence-corrected chi connectivity index (χ3v) is 5.24. The van der Waals surface area contributed by atoms with Gasteiger partial charge in [0, 0.05) is 11.4 Å². The van der Waals surface area contributed by atoms with Gasteiger partial charge in [-0.15, -0.1) is 0 Å². The van der Waals surface area contributed by atoms with Gasteiger partial charge in [0.1, 0.15) is 5.82 Å². The first-order chi connectivity index (χ1) is 12.8. The van der Waals surface area contributed by atoms with Gasteiger partial charge in [-0.25, -0.2) is 12.8 Å². The third-order valence-electron chi connectivity index (χ3n) is 3.84. The van der Waals surface area contributed by atoms with Crippen LogP contribution >= 0.6 is 0 Å². The summed E-state index contributed by atoms with van der Waals surface area (Å²) in [5.41, 5.74) is 1.75. The Hall–Kier alpha value is -3.19. The number of aryl methyl sites for hydroxylation is 1. The monoisotopic (exact) mass is 384 g/mol. The van der Waals surface area contributed by atoms with Crippen molar-refractivity contribution in [3.05, 3.63) is 89.7 Å². The van der Waals surface area contributed by atoms with E-state index in [-0.39, 0.29) is 10.5 Å². The molecule has 0 heterocycles. The Morgan fingerprint density at radius 3 is 2.07 bits per heavy atom. The molecule has 0 aliphatic rings. The molecule has 0 saturated heterocycles. The minimum atomic E-state index is -3.75. The minimum absolute atomic E-state index is 0.0481. The fraction of sp³-hybridized carbons (Fsp3) is 0.0500. The summed E-state index contributed by atoms with van der Waals surface area (Å²) in [6.07, 6.45) is 0. The molecule has 3 aromatic carbocycles. The largest absolute Gasteiger partial charge is 0.322 e. The topological polar surface area (TPSA) is 75.3 Å². The van der Waals surface area contributed by atoms with Gasteiger partial charge >= 0.3 is 0 Å². The lowest BCUT2D eigenvalue weighted by molar-refractivity contribution is 0.102. The molecule has 0 fully saturated rings. The van der Waals surface area contributed by atoms with Gasteiger partial charge in [0.2, 0.25) is 0 Å². The molecule has 0 saturated carbocycles. The van der Waals surface area contributed by atoms with E-state index >= 15 is 0 Å². The number of hydrogen-bond acceptors (Lipinski definition) is 3. The van der Waals surface area contributed by atoms with E-state index in [1.54, 1.807) is 30.3 Å². The highest BCUT2D eigenvalue weighted by Gasteiger charge is 2.15. The van der Waals surface area contributed by atoms with Gasteiger partial charge < -0.3 is 5.32 Å². The maximum absolute atomic E-state index is 13.6. The zero-order valence-electron chi connectivity index (χ0n) is 14.4. The molecular formula is C20H17FN2O3S. The smallest absolute Gasteiger partial charge is 0.261 e. The molecule has 2 N–H and O–H groups in total. The van der Waals surface area contributed by atoms with Crippen molar-refractivity contribution >= 4 is 27.3 Å². The minimum Gasteiger partial charge on any atom is -0.322 e. The summed E-state index contributed by atoms with van der Waals surface area (Å²) in [6, 6.07) is 18.2. The van der Waals surface area contributed by atoms with Gasteiger partial charge in [0.15, 0.2) is 0 Å². The summed E-state index contributed by atoms with van der Waals surface area (Å²) in [5, 5.41) is 2.54. The number of rotatable bonds is 5. The highest BCUT2D eigenvalue weighted by molar-refractivity contribution is 7.92. The highest BCUT2D eigenvalue weighted by atomic mass is 32.2. The first-order valence-corrected chi connectivity index (χ1v) is 9.59. The Labute approximate surface area is 156 Å². The average Bonchev–Trinajstić information content (AvgIpc) is 2.64. The van der Waals surface area contributed by atoms with Crippen LogP contribution in [0.2, 0.25) is 0 Å². The van der Waals surface area contributed by atoms with Crippen LogP contribution in [-0.2, 0) is 10.0 Å². The predicted molar refractivity (Wildman–Crippen MR) is 103 cm³/mol. The molecule has 0 aliphatic carbocycles. The standard InChI is InChI=1S/C20H17FN2O3S/c1-14-6-8-16(9-7-14)23-27(25,26)17-12-10-15(11-13-17)22-20(24)18-4-2-3-5-19(18)21/h2-13,23H,1H3,(H,22,24). The zero-order valence-corrected chi connectivity index (χ0v) is 15.3. The Balaban J connectivity index is 1.73. The third kappa shape index (κ3) is 4.51. The number of benzene rings is 3. The van der Waals surface area contributed by atoms with Crippen molar-refractivity contribution in [2.75, 3.05) is 10.0 Å². The van der Waals surface area contributed by atoms with Crippen molar-refractivity contribution in [1.29, 1.82) is 0 Å². The van der Waals surface area contributed by atoms with Crippen LogP contribution in [0.5, 0.6) is 0 Å². The molecule has 0 spiro atoms. The van der Waals surface area contributed by atoms with E-state index in [4.69, 9.17) is 0 Å². The molecule has 1 amide bonds. The van der Waals surface area contributed by atoms with Crippen LogP contribution in [0.3, 0.4) is 0 Å². The highest BCUT2D eigenvalue weighted by Crippen LogP contribution is 2.19. The lowest BCUT2D eigenvalue weighted by atomic mass is 10.2. The van der Waals surface area contributed by atoms with Gasteiger partial charge in [0.25, 0.3) is 15.9 Å². The van der Waals surface area contributed by atoms with Crippen molar-refractivity contribution in [2.24, 2.45) is 0 Å². The maximum atomic E-state index is 13.6. The molecule has 27 heavy (non-hydrogen) atoms. The Morgan fingerprint density at radius 1 is 0.852 bits per heavy atom.